The molecule has 0 aliphatic carbocycles. The van der Waals surface area contributed by atoms with Gasteiger partial charge in [0.05, 0.1) is 0 Å². The van der Waals surface area contributed by atoms with Crippen LogP contribution in [0, 0.1) is 0 Å². The number of fused-ring (bicyclic) bond motifs is 1. The SMILES string of the molecule is CCN(C)C(=O)Oc1ccc2c(c1)NCC2.Cl. The van der Waals surface area contributed by atoms with Gasteiger partial charge in [-0.3, -0.25) is 0 Å². The first-order valence-corrected chi connectivity index (χ1v) is 5.50. The third-order valence-electron chi connectivity index (χ3n) is 2.78. The Labute approximate surface area is 107 Å². The number of nitrogens with zero attached hydrogens (tertiary/aromatic N) is 1. The highest BCUT2D eigenvalue weighted by atomic mass is 35.5. The first-order chi connectivity index (χ1) is 7.70. The Morgan fingerprint density at radius 1 is 1.53 bits per heavy atom. The number of carbonyl (C=O) groups excluding carboxylic acids is 1. The van der Waals surface area contributed by atoms with E-state index in [1.165, 1.54) is 10.5 Å². The molecule has 1 aliphatic heterocycles. The molecule has 1 aliphatic rings. The van der Waals surface area contributed by atoms with Crippen molar-refractivity contribution in [3.63, 3.8) is 0 Å². The lowest BCUT2D eigenvalue weighted by Crippen LogP contribution is -2.29. The van der Waals surface area contributed by atoms with Crippen LogP contribution in [0.15, 0.2) is 18.2 Å². The van der Waals surface area contributed by atoms with Gasteiger partial charge in [0.25, 0.3) is 0 Å². The quantitative estimate of drug-likeness (QED) is 0.884. The number of anilines is 1. The molecule has 2 rings (SSSR count). The summed E-state index contributed by atoms with van der Waals surface area (Å²) in [4.78, 5) is 13.1. The molecule has 0 aromatic heterocycles. The number of carbonyl (C=O) groups is 1. The number of amides is 1. The number of ether oxygens (including phenoxy) is 1. The van der Waals surface area contributed by atoms with Gasteiger partial charge in [-0.25, -0.2) is 4.79 Å². The fourth-order valence-corrected chi connectivity index (χ4v) is 1.64. The standard InChI is InChI=1S/C12H16N2O2.ClH/c1-3-14(2)12(15)16-10-5-4-9-6-7-13-11(9)8-10;/h4-5,8,13H,3,6-7H2,1-2H3;1H. The summed E-state index contributed by atoms with van der Waals surface area (Å²) in [6.07, 6.45) is 0.721. The second-order valence-electron chi connectivity index (χ2n) is 3.88. The van der Waals surface area contributed by atoms with Crippen LogP contribution in [-0.4, -0.2) is 31.1 Å². The number of halogens is 1. The van der Waals surface area contributed by atoms with Gasteiger partial charge in [-0.15, -0.1) is 12.4 Å². The number of hydrogen-bond donors (Lipinski definition) is 1. The van der Waals surface area contributed by atoms with Crippen molar-refractivity contribution >= 4 is 24.2 Å². The van der Waals surface area contributed by atoms with Gasteiger partial charge in [0.15, 0.2) is 0 Å². The van der Waals surface area contributed by atoms with Crippen molar-refractivity contribution in [3.8, 4) is 5.75 Å². The largest absolute Gasteiger partial charge is 0.414 e. The van der Waals surface area contributed by atoms with Crippen molar-refractivity contribution in [1.29, 1.82) is 0 Å². The number of nitrogens with one attached hydrogen (secondary N) is 1. The summed E-state index contributed by atoms with van der Waals surface area (Å²) in [6.45, 7) is 3.51. The highest BCUT2D eigenvalue weighted by Gasteiger charge is 2.13. The lowest BCUT2D eigenvalue weighted by Gasteiger charge is -2.14. The molecule has 0 fully saturated rings. The van der Waals surface area contributed by atoms with Crippen LogP contribution < -0.4 is 10.1 Å². The molecule has 0 unspecified atom stereocenters. The minimum Gasteiger partial charge on any atom is -0.410 e. The molecule has 0 spiro atoms. The first kappa shape index (κ1) is 13.6. The second kappa shape index (κ2) is 5.77. The van der Waals surface area contributed by atoms with Gasteiger partial charge in [0, 0.05) is 31.9 Å². The van der Waals surface area contributed by atoms with E-state index in [0.717, 1.165) is 18.7 Å². The zero-order valence-electron chi connectivity index (χ0n) is 10.0. The minimum absolute atomic E-state index is 0. The second-order valence-corrected chi connectivity index (χ2v) is 3.88. The highest BCUT2D eigenvalue weighted by Crippen LogP contribution is 2.27. The van der Waals surface area contributed by atoms with Crippen LogP contribution in [0.25, 0.3) is 0 Å². The van der Waals surface area contributed by atoms with Crippen LogP contribution in [0.5, 0.6) is 5.75 Å². The summed E-state index contributed by atoms with van der Waals surface area (Å²) in [6, 6.07) is 5.72. The summed E-state index contributed by atoms with van der Waals surface area (Å²) in [5.41, 5.74) is 2.35. The van der Waals surface area contributed by atoms with Crippen LogP contribution in [0.4, 0.5) is 10.5 Å². The topological polar surface area (TPSA) is 41.6 Å². The number of rotatable bonds is 2. The summed E-state index contributed by atoms with van der Waals surface area (Å²) >= 11 is 0. The molecule has 1 N–H and O–H groups in total. The molecule has 0 saturated carbocycles. The normalized spacial score (nSPS) is 12.1. The smallest absolute Gasteiger partial charge is 0.410 e. The number of hydrogen-bond acceptors (Lipinski definition) is 3. The fraction of sp³-hybridized carbons (Fsp3) is 0.417. The Bertz CT molecular complexity index is 409. The predicted molar refractivity (Wildman–Crippen MR) is 70.2 cm³/mol. The first-order valence-electron chi connectivity index (χ1n) is 5.50. The van der Waals surface area contributed by atoms with Crippen molar-refractivity contribution in [3.05, 3.63) is 23.8 Å². The lowest BCUT2D eigenvalue weighted by molar-refractivity contribution is 0.165. The molecule has 4 nitrogen and oxygen atoms in total. The molecule has 0 bridgehead atoms. The molecule has 0 atom stereocenters. The average Bonchev–Trinajstić information content (AvgIpc) is 2.75. The van der Waals surface area contributed by atoms with Gasteiger partial charge < -0.3 is 15.0 Å². The Morgan fingerprint density at radius 3 is 3.00 bits per heavy atom. The van der Waals surface area contributed by atoms with E-state index in [1.54, 1.807) is 7.05 Å². The molecule has 0 radical (unpaired) electrons. The van der Waals surface area contributed by atoms with Crippen molar-refractivity contribution < 1.29 is 9.53 Å². The van der Waals surface area contributed by atoms with E-state index >= 15 is 0 Å². The fourth-order valence-electron chi connectivity index (χ4n) is 1.64. The van der Waals surface area contributed by atoms with Crippen molar-refractivity contribution in [2.24, 2.45) is 0 Å². The van der Waals surface area contributed by atoms with Gasteiger partial charge in [-0.05, 0) is 25.0 Å². The molecule has 17 heavy (non-hydrogen) atoms. The maximum atomic E-state index is 11.5. The third kappa shape index (κ3) is 3.03. The van der Waals surface area contributed by atoms with Crippen LogP contribution >= 0.6 is 12.4 Å². The monoisotopic (exact) mass is 256 g/mol. The van der Waals surface area contributed by atoms with Crippen LogP contribution in [0.2, 0.25) is 0 Å². The third-order valence-corrected chi connectivity index (χ3v) is 2.78. The van der Waals surface area contributed by atoms with Gasteiger partial charge in [-0.1, -0.05) is 6.07 Å². The molecule has 1 aromatic rings. The van der Waals surface area contributed by atoms with E-state index in [4.69, 9.17) is 4.74 Å². The Kier molecular flexibility index (Phi) is 4.63. The van der Waals surface area contributed by atoms with Gasteiger partial charge >= 0.3 is 6.09 Å². The van der Waals surface area contributed by atoms with Crippen LogP contribution in [0.3, 0.4) is 0 Å². The summed E-state index contributed by atoms with van der Waals surface area (Å²) in [5, 5.41) is 3.25. The van der Waals surface area contributed by atoms with Gasteiger partial charge in [0.2, 0.25) is 0 Å². The molecule has 1 aromatic carbocycles. The van der Waals surface area contributed by atoms with Gasteiger partial charge in [-0.2, -0.15) is 0 Å². The molecule has 5 heteroatoms. The predicted octanol–water partition coefficient (Wildman–Crippen LogP) is 2.53. The van der Waals surface area contributed by atoms with Crippen molar-refractivity contribution in [2.75, 3.05) is 25.5 Å². The average molecular weight is 257 g/mol. The lowest BCUT2D eigenvalue weighted by atomic mass is 10.1. The van der Waals surface area contributed by atoms with E-state index in [0.29, 0.717) is 12.3 Å². The molecular weight excluding hydrogens is 240 g/mol. The molecule has 1 heterocycles. The Hall–Kier alpha value is -1.42. The van der Waals surface area contributed by atoms with Crippen LogP contribution in [0.1, 0.15) is 12.5 Å². The molecular formula is C12H17ClN2O2. The maximum absolute atomic E-state index is 11.5. The van der Waals surface area contributed by atoms with E-state index in [-0.39, 0.29) is 18.5 Å². The Balaban J connectivity index is 0.00000144. The zero-order chi connectivity index (χ0) is 11.5. The summed E-state index contributed by atoms with van der Waals surface area (Å²) < 4.78 is 5.24. The Morgan fingerprint density at radius 2 is 2.29 bits per heavy atom. The number of benzene rings is 1. The van der Waals surface area contributed by atoms with E-state index in [9.17, 15) is 4.79 Å². The van der Waals surface area contributed by atoms with E-state index < -0.39 is 0 Å². The van der Waals surface area contributed by atoms with Crippen molar-refractivity contribution in [2.45, 2.75) is 13.3 Å². The zero-order valence-corrected chi connectivity index (χ0v) is 10.8. The van der Waals surface area contributed by atoms with Gasteiger partial charge in [0.1, 0.15) is 5.75 Å². The van der Waals surface area contributed by atoms with E-state index in [2.05, 4.69) is 5.32 Å². The summed E-state index contributed by atoms with van der Waals surface area (Å²) in [5.74, 6) is 0.596. The van der Waals surface area contributed by atoms with Crippen molar-refractivity contribution in [1.82, 2.24) is 4.90 Å². The minimum atomic E-state index is -0.319. The molecule has 0 saturated heterocycles. The molecule has 1 amide bonds. The summed E-state index contributed by atoms with van der Waals surface area (Å²) in [7, 11) is 1.72. The maximum Gasteiger partial charge on any atom is 0.414 e. The van der Waals surface area contributed by atoms with Crippen LogP contribution in [-0.2, 0) is 6.42 Å². The molecule has 94 valence electrons. The van der Waals surface area contributed by atoms with E-state index in [1.807, 2.05) is 25.1 Å². The highest BCUT2D eigenvalue weighted by molar-refractivity contribution is 5.85.